The standard InChI is InChI=1S/C17H28N2O3/c1-2-22-11-7-10-19-14-17(21)16(20)12-15(19)13-18-8-5-3-4-6-9-18/h12,14,21H,2-11,13H2,1H3. The molecule has 1 aromatic rings. The van der Waals surface area contributed by atoms with E-state index in [2.05, 4.69) is 4.90 Å². The highest BCUT2D eigenvalue weighted by molar-refractivity contribution is 5.20. The molecule has 0 radical (unpaired) electrons. The van der Waals surface area contributed by atoms with Gasteiger partial charge in [-0.2, -0.15) is 0 Å². The van der Waals surface area contributed by atoms with Gasteiger partial charge in [0, 0.05) is 38.1 Å². The molecule has 124 valence electrons. The molecular formula is C17H28N2O3. The van der Waals surface area contributed by atoms with Crippen molar-refractivity contribution in [3.05, 3.63) is 28.2 Å². The molecule has 0 spiro atoms. The average Bonchev–Trinajstić information content (AvgIpc) is 2.77. The molecular weight excluding hydrogens is 280 g/mol. The maximum Gasteiger partial charge on any atom is 0.223 e. The molecule has 2 heterocycles. The van der Waals surface area contributed by atoms with Gasteiger partial charge in [-0.3, -0.25) is 9.69 Å². The maximum absolute atomic E-state index is 11.8. The van der Waals surface area contributed by atoms with Gasteiger partial charge in [0.15, 0.2) is 5.75 Å². The van der Waals surface area contributed by atoms with E-state index >= 15 is 0 Å². The zero-order valence-electron chi connectivity index (χ0n) is 13.6. The number of aromatic hydroxyl groups is 1. The van der Waals surface area contributed by atoms with Gasteiger partial charge in [0.1, 0.15) is 0 Å². The number of likely N-dealkylation sites (tertiary alicyclic amines) is 1. The molecule has 1 aliphatic heterocycles. The lowest BCUT2D eigenvalue weighted by Gasteiger charge is -2.22. The zero-order valence-corrected chi connectivity index (χ0v) is 13.6. The van der Waals surface area contributed by atoms with E-state index in [0.717, 1.165) is 44.9 Å². The van der Waals surface area contributed by atoms with Crippen molar-refractivity contribution in [1.82, 2.24) is 9.47 Å². The van der Waals surface area contributed by atoms with Gasteiger partial charge in [0.05, 0.1) is 6.20 Å². The summed E-state index contributed by atoms with van der Waals surface area (Å²) in [5.41, 5.74) is 0.701. The van der Waals surface area contributed by atoms with Crippen LogP contribution in [0.2, 0.25) is 0 Å². The third-order valence-electron chi connectivity index (χ3n) is 4.17. The van der Waals surface area contributed by atoms with E-state index in [0.29, 0.717) is 6.61 Å². The normalized spacial score (nSPS) is 16.6. The third kappa shape index (κ3) is 5.14. The van der Waals surface area contributed by atoms with Crippen LogP contribution in [0.3, 0.4) is 0 Å². The molecule has 0 bridgehead atoms. The van der Waals surface area contributed by atoms with E-state index in [4.69, 9.17) is 4.74 Å². The summed E-state index contributed by atoms with van der Waals surface area (Å²) in [6, 6.07) is 1.58. The summed E-state index contributed by atoms with van der Waals surface area (Å²) in [5, 5.41) is 9.70. The maximum atomic E-state index is 11.8. The summed E-state index contributed by atoms with van der Waals surface area (Å²) in [4.78, 5) is 14.2. The molecule has 5 heteroatoms. The van der Waals surface area contributed by atoms with Crippen LogP contribution in [0.15, 0.2) is 17.1 Å². The average molecular weight is 308 g/mol. The van der Waals surface area contributed by atoms with Crippen molar-refractivity contribution >= 4 is 0 Å². The van der Waals surface area contributed by atoms with Crippen LogP contribution >= 0.6 is 0 Å². The summed E-state index contributed by atoms with van der Waals surface area (Å²) in [6.07, 6.45) is 7.50. The van der Waals surface area contributed by atoms with Gasteiger partial charge in [-0.05, 0) is 39.3 Å². The summed E-state index contributed by atoms with van der Waals surface area (Å²) in [7, 11) is 0. The van der Waals surface area contributed by atoms with Crippen LogP contribution < -0.4 is 5.43 Å². The van der Waals surface area contributed by atoms with Gasteiger partial charge in [-0.25, -0.2) is 0 Å². The fourth-order valence-corrected chi connectivity index (χ4v) is 2.95. The quantitative estimate of drug-likeness (QED) is 0.786. The van der Waals surface area contributed by atoms with Crippen molar-refractivity contribution in [3.8, 4) is 5.75 Å². The van der Waals surface area contributed by atoms with Gasteiger partial charge in [-0.15, -0.1) is 0 Å². The largest absolute Gasteiger partial charge is 0.503 e. The summed E-state index contributed by atoms with van der Waals surface area (Å²) >= 11 is 0. The van der Waals surface area contributed by atoms with Crippen LogP contribution in [0.4, 0.5) is 0 Å². The van der Waals surface area contributed by atoms with E-state index in [1.165, 1.54) is 25.7 Å². The summed E-state index contributed by atoms with van der Waals surface area (Å²) < 4.78 is 7.37. The fraction of sp³-hybridized carbons (Fsp3) is 0.706. The Morgan fingerprint density at radius 3 is 2.64 bits per heavy atom. The van der Waals surface area contributed by atoms with Gasteiger partial charge in [0.25, 0.3) is 0 Å². The molecule has 2 rings (SSSR count). The predicted molar refractivity (Wildman–Crippen MR) is 87.2 cm³/mol. The van der Waals surface area contributed by atoms with E-state index in [1.807, 2.05) is 11.5 Å². The second kappa shape index (κ2) is 8.96. The Morgan fingerprint density at radius 1 is 1.23 bits per heavy atom. The molecule has 1 aromatic heterocycles. The minimum absolute atomic E-state index is 0.170. The molecule has 0 atom stereocenters. The van der Waals surface area contributed by atoms with Crippen LogP contribution in [-0.4, -0.2) is 40.9 Å². The second-order valence-electron chi connectivity index (χ2n) is 5.95. The smallest absolute Gasteiger partial charge is 0.223 e. The van der Waals surface area contributed by atoms with E-state index in [9.17, 15) is 9.90 Å². The molecule has 22 heavy (non-hydrogen) atoms. The lowest BCUT2D eigenvalue weighted by atomic mass is 10.2. The molecule has 1 N–H and O–H groups in total. The summed E-state index contributed by atoms with van der Waals surface area (Å²) in [5.74, 6) is -0.170. The summed E-state index contributed by atoms with van der Waals surface area (Å²) in [6.45, 7) is 7.13. The monoisotopic (exact) mass is 308 g/mol. The molecule has 0 aliphatic carbocycles. The highest BCUT2D eigenvalue weighted by Gasteiger charge is 2.13. The van der Waals surface area contributed by atoms with Crippen molar-refractivity contribution < 1.29 is 9.84 Å². The molecule has 1 saturated heterocycles. The molecule has 0 amide bonds. The predicted octanol–water partition coefficient (Wildman–Crippen LogP) is 2.36. The van der Waals surface area contributed by atoms with Crippen molar-refractivity contribution in [1.29, 1.82) is 0 Å². The highest BCUT2D eigenvalue weighted by Crippen LogP contribution is 2.14. The first-order valence-corrected chi connectivity index (χ1v) is 8.43. The van der Waals surface area contributed by atoms with Crippen LogP contribution in [0.25, 0.3) is 0 Å². The third-order valence-corrected chi connectivity index (χ3v) is 4.17. The Hall–Kier alpha value is -1.33. The lowest BCUT2D eigenvalue weighted by molar-refractivity contribution is 0.141. The minimum Gasteiger partial charge on any atom is -0.503 e. The first-order chi connectivity index (χ1) is 10.7. The Kier molecular flexibility index (Phi) is 6.93. The Labute approximate surface area is 132 Å². The first kappa shape index (κ1) is 17.0. The number of ether oxygens (including phenoxy) is 1. The minimum atomic E-state index is -0.286. The number of aryl methyl sites for hydroxylation is 1. The molecule has 0 unspecified atom stereocenters. The molecule has 0 saturated carbocycles. The van der Waals surface area contributed by atoms with Gasteiger partial charge in [0.2, 0.25) is 5.43 Å². The highest BCUT2D eigenvalue weighted by atomic mass is 16.5. The zero-order chi connectivity index (χ0) is 15.8. The first-order valence-electron chi connectivity index (χ1n) is 8.43. The van der Waals surface area contributed by atoms with Gasteiger partial charge >= 0.3 is 0 Å². The molecule has 5 nitrogen and oxygen atoms in total. The number of hydrogen-bond donors (Lipinski definition) is 1. The van der Waals surface area contributed by atoms with Crippen LogP contribution in [0, 0.1) is 0 Å². The Bertz CT molecular complexity index is 505. The number of hydrogen-bond acceptors (Lipinski definition) is 4. The fourth-order valence-electron chi connectivity index (χ4n) is 2.95. The Balaban J connectivity index is 2.06. The Morgan fingerprint density at radius 2 is 1.95 bits per heavy atom. The second-order valence-corrected chi connectivity index (χ2v) is 5.95. The van der Waals surface area contributed by atoms with Gasteiger partial charge < -0.3 is 14.4 Å². The van der Waals surface area contributed by atoms with Crippen LogP contribution in [0.1, 0.15) is 44.7 Å². The number of pyridine rings is 1. The topological polar surface area (TPSA) is 54.7 Å². The van der Waals surface area contributed by atoms with E-state index < -0.39 is 0 Å². The SMILES string of the molecule is CCOCCCn1cc(O)c(=O)cc1CN1CCCCCC1. The van der Waals surface area contributed by atoms with Crippen molar-refractivity contribution in [2.75, 3.05) is 26.3 Å². The van der Waals surface area contributed by atoms with E-state index in [-0.39, 0.29) is 11.2 Å². The van der Waals surface area contributed by atoms with E-state index in [1.54, 1.807) is 12.3 Å². The number of nitrogens with zero attached hydrogens (tertiary/aromatic N) is 2. The molecule has 0 aromatic carbocycles. The lowest BCUT2D eigenvalue weighted by Crippen LogP contribution is -2.27. The number of rotatable bonds is 7. The molecule has 1 aliphatic rings. The molecule has 1 fully saturated rings. The van der Waals surface area contributed by atoms with Crippen molar-refractivity contribution in [2.24, 2.45) is 0 Å². The van der Waals surface area contributed by atoms with Crippen molar-refractivity contribution in [3.63, 3.8) is 0 Å². The van der Waals surface area contributed by atoms with Gasteiger partial charge in [-0.1, -0.05) is 12.8 Å². The van der Waals surface area contributed by atoms with Crippen molar-refractivity contribution in [2.45, 2.75) is 52.1 Å². The van der Waals surface area contributed by atoms with Crippen LogP contribution in [-0.2, 0) is 17.8 Å². The van der Waals surface area contributed by atoms with Crippen LogP contribution in [0.5, 0.6) is 5.75 Å². The number of aromatic nitrogens is 1.